The van der Waals surface area contributed by atoms with E-state index in [9.17, 15) is 19.5 Å². The number of halogens is 2. The van der Waals surface area contributed by atoms with E-state index in [2.05, 4.69) is 11.9 Å². The summed E-state index contributed by atoms with van der Waals surface area (Å²) >= 11 is 12.5. The quantitative estimate of drug-likeness (QED) is 0.569. The van der Waals surface area contributed by atoms with Gasteiger partial charge in [-0.2, -0.15) is 0 Å². The minimum absolute atomic E-state index is 0.0762. The van der Waals surface area contributed by atoms with Gasteiger partial charge >= 0.3 is 11.9 Å². The summed E-state index contributed by atoms with van der Waals surface area (Å²) in [6.45, 7) is 3.92. The van der Waals surface area contributed by atoms with Crippen molar-refractivity contribution in [3.63, 3.8) is 0 Å². The van der Waals surface area contributed by atoms with Crippen molar-refractivity contribution in [1.29, 1.82) is 0 Å². The lowest BCUT2D eigenvalue weighted by Gasteiger charge is -2.36. The lowest BCUT2D eigenvalue weighted by Crippen LogP contribution is -2.53. The first-order valence-electron chi connectivity index (χ1n) is 8.92. The van der Waals surface area contributed by atoms with Crippen LogP contribution in [0.15, 0.2) is 24.8 Å². The van der Waals surface area contributed by atoms with Crippen LogP contribution in [-0.2, 0) is 24.7 Å². The second kappa shape index (κ2) is 6.76. The normalized spacial score (nSPS) is 30.8. The zero-order chi connectivity index (χ0) is 20.2. The second-order valence-electron chi connectivity index (χ2n) is 7.19. The van der Waals surface area contributed by atoms with Gasteiger partial charge in [0.05, 0.1) is 16.6 Å². The van der Waals surface area contributed by atoms with Crippen LogP contribution in [-0.4, -0.2) is 47.0 Å². The highest BCUT2D eigenvalue weighted by Crippen LogP contribution is 2.59. The molecule has 1 unspecified atom stereocenters. The summed E-state index contributed by atoms with van der Waals surface area (Å²) in [6.07, 6.45) is 2.69. The van der Waals surface area contributed by atoms with E-state index in [1.54, 1.807) is 6.07 Å². The number of carbonyl (C=O) groups excluding carboxylic acids is 2. The topological polar surface area (TPSA) is 95.9 Å². The van der Waals surface area contributed by atoms with Crippen molar-refractivity contribution in [1.82, 2.24) is 4.90 Å². The molecule has 2 saturated heterocycles. The summed E-state index contributed by atoms with van der Waals surface area (Å²) < 4.78 is 5.24. The van der Waals surface area contributed by atoms with Gasteiger partial charge in [-0.05, 0) is 31.5 Å². The Kier molecular flexibility index (Phi) is 4.64. The third-order valence-electron chi connectivity index (χ3n) is 5.91. The molecule has 1 aromatic carbocycles. The van der Waals surface area contributed by atoms with Crippen LogP contribution in [0.2, 0.25) is 10.0 Å². The number of nitrogens with one attached hydrogen (secondary N) is 1. The van der Waals surface area contributed by atoms with Crippen LogP contribution in [0.1, 0.15) is 18.4 Å². The number of aliphatic carboxylic acids is 1. The number of rotatable bonds is 4. The van der Waals surface area contributed by atoms with Gasteiger partial charge in [0.2, 0.25) is 0 Å². The number of amides is 1. The number of carboxylic acids is 1. The molecule has 4 rings (SSSR count). The Labute approximate surface area is 171 Å². The minimum Gasteiger partial charge on any atom is -0.481 e. The smallest absolute Gasteiger partial charge is 0.313 e. The maximum atomic E-state index is 13.3. The molecule has 2 N–H and O–H groups in total. The summed E-state index contributed by atoms with van der Waals surface area (Å²) in [4.78, 5) is 40.4. The van der Waals surface area contributed by atoms with Gasteiger partial charge in [0.1, 0.15) is 18.1 Å². The Balaban J connectivity index is 1.97. The first kappa shape index (κ1) is 19.2. The van der Waals surface area contributed by atoms with Gasteiger partial charge in [0, 0.05) is 16.6 Å². The van der Waals surface area contributed by atoms with E-state index < -0.39 is 41.3 Å². The summed E-state index contributed by atoms with van der Waals surface area (Å²) in [5, 5.41) is 13.2. The highest BCUT2D eigenvalue weighted by atomic mass is 35.5. The Bertz CT molecular complexity index is 905. The molecule has 0 saturated carbocycles. The number of hydrogen-bond donors (Lipinski definition) is 2. The zero-order valence-corrected chi connectivity index (χ0v) is 16.3. The Morgan fingerprint density at radius 2 is 2.18 bits per heavy atom. The molecule has 0 bridgehead atoms. The fraction of sp³-hybridized carbons (Fsp3) is 0.421. The van der Waals surface area contributed by atoms with Crippen molar-refractivity contribution in [2.45, 2.75) is 24.4 Å². The maximum absolute atomic E-state index is 13.3. The van der Waals surface area contributed by atoms with Gasteiger partial charge in [0.15, 0.2) is 0 Å². The molecular weight excluding hydrogens is 407 g/mol. The molecule has 4 atom stereocenters. The molecule has 2 fully saturated rings. The Morgan fingerprint density at radius 3 is 2.86 bits per heavy atom. The number of nitrogens with zero attached hydrogens (tertiary/aromatic N) is 1. The molecule has 148 valence electrons. The number of carboxylic acid groups (broad SMARTS) is 1. The van der Waals surface area contributed by atoms with Gasteiger partial charge in [-0.25, -0.2) is 0 Å². The molecule has 0 aliphatic carbocycles. The van der Waals surface area contributed by atoms with E-state index in [0.717, 1.165) is 6.42 Å². The molecule has 3 aliphatic heterocycles. The van der Waals surface area contributed by atoms with E-state index in [1.807, 2.05) is 4.90 Å². The van der Waals surface area contributed by atoms with E-state index in [4.69, 9.17) is 27.9 Å². The summed E-state index contributed by atoms with van der Waals surface area (Å²) in [5.41, 5.74) is -0.743. The van der Waals surface area contributed by atoms with Crippen molar-refractivity contribution >= 4 is 46.7 Å². The summed E-state index contributed by atoms with van der Waals surface area (Å²) in [5.74, 6) is -4.69. The van der Waals surface area contributed by atoms with Crippen molar-refractivity contribution in [2.75, 3.05) is 18.5 Å². The van der Waals surface area contributed by atoms with Gasteiger partial charge in [-0.15, -0.1) is 0 Å². The van der Waals surface area contributed by atoms with Crippen LogP contribution in [0, 0.1) is 11.8 Å². The van der Waals surface area contributed by atoms with Crippen LogP contribution in [0.3, 0.4) is 0 Å². The predicted molar refractivity (Wildman–Crippen MR) is 102 cm³/mol. The largest absolute Gasteiger partial charge is 0.481 e. The molecule has 1 amide bonds. The molecule has 3 aliphatic rings. The fourth-order valence-corrected chi connectivity index (χ4v) is 5.59. The number of anilines is 1. The Morgan fingerprint density at radius 1 is 1.43 bits per heavy atom. The number of ether oxygens (including phenoxy) is 1. The molecule has 0 aromatic heterocycles. The fourth-order valence-electron chi connectivity index (χ4n) is 5.05. The number of carbonyl (C=O) groups is 3. The van der Waals surface area contributed by atoms with Crippen molar-refractivity contribution < 1.29 is 24.2 Å². The third-order valence-corrected chi connectivity index (χ3v) is 6.43. The summed E-state index contributed by atoms with van der Waals surface area (Å²) in [7, 11) is 0. The zero-order valence-electron chi connectivity index (χ0n) is 14.8. The minimum atomic E-state index is -1.52. The summed E-state index contributed by atoms with van der Waals surface area (Å²) in [6, 6.07) is 2.61. The maximum Gasteiger partial charge on any atom is 0.313 e. The van der Waals surface area contributed by atoms with Crippen LogP contribution in [0.5, 0.6) is 0 Å². The van der Waals surface area contributed by atoms with Crippen LogP contribution in [0.4, 0.5) is 5.69 Å². The van der Waals surface area contributed by atoms with Gasteiger partial charge < -0.3 is 15.2 Å². The first-order valence-corrected chi connectivity index (χ1v) is 9.67. The van der Waals surface area contributed by atoms with Crippen molar-refractivity contribution in [3.05, 3.63) is 40.4 Å². The molecule has 7 nitrogen and oxygen atoms in total. The molecule has 1 spiro atoms. The van der Waals surface area contributed by atoms with E-state index in [-0.39, 0.29) is 11.6 Å². The molecule has 1 aromatic rings. The highest BCUT2D eigenvalue weighted by molar-refractivity contribution is 6.38. The van der Waals surface area contributed by atoms with Crippen LogP contribution >= 0.6 is 23.2 Å². The number of esters is 1. The van der Waals surface area contributed by atoms with Gasteiger partial charge in [-0.3, -0.25) is 19.3 Å². The molecular formula is C19H18Cl2N2O5. The third kappa shape index (κ3) is 2.43. The Hall–Kier alpha value is -2.09. The number of fused-ring (bicyclic) bond motifs is 4. The lowest BCUT2D eigenvalue weighted by atomic mass is 9.74. The van der Waals surface area contributed by atoms with Crippen LogP contribution in [0.25, 0.3) is 0 Å². The van der Waals surface area contributed by atoms with Gasteiger partial charge in [0.25, 0.3) is 5.91 Å². The molecule has 28 heavy (non-hydrogen) atoms. The van der Waals surface area contributed by atoms with Crippen molar-refractivity contribution in [2.24, 2.45) is 11.8 Å². The molecule has 9 heteroatoms. The van der Waals surface area contributed by atoms with E-state index >= 15 is 0 Å². The first-order chi connectivity index (χ1) is 13.3. The SMILES string of the molecule is C=CCOC(=O)[C@H]1[C@@H](C(=O)O)[C@H]2CCCN2C12C(=O)Nc1c(Cl)cc(Cl)cc12. The van der Waals surface area contributed by atoms with Crippen LogP contribution < -0.4 is 5.32 Å². The average molecular weight is 425 g/mol. The standard InChI is InChI=1S/C19H18Cl2N2O5/c1-2-6-28-17(26)14-13(16(24)25)12-4-3-5-23(12)19(14)10-7-9(20)8-11(21)15(10)22-18(19)27/h2,7-8,12-14H,1,3-6H2,(H,22,27)(H,24,25)/t12-,13+,14-,19?/m1/s1. The molecule has 3 heterocycles. The number of benzene rings is 1. The highest BCUT2D eigenvalue weighted by Gasteiger charge is 2.71. The van der Waals surface area contributed by atoms with Gasteiger partial charge in [-0.1, -0.05) is 35.9 Å². The monoisotopic (exact) mass is 424 g/mol. The average Bonchev–Trinajstić information content (AvgIpc) is 3.27. The second-order valence-corrected chi connectivity index (χ2v) is 8.04. The van der Waals surface area contributed by atoms with Crippen molar-refractivity contribution in [3.8, 4) is 0 Å². The van der Waals surface area contributed by atoms with E-state index in [1.165, 1.54) is 12.1 Å². The number of hydrogen-bond acceptors (Lipinski definition) is 5. The lowest BCUT2D eigenvalue weighted by molar-refractivity contribution is -0.160. The molecule has 0 radical (unpaired) electrons. The predicted octanol–water partition coefficient (Wildman–Crippen LogP) is 2.67. The van der Waals surface area contributed by atoms with E-state index in [0.29, 0.717) is 29.2 Å².